The average Bonchev–Trinajstić information content (AvgIpc) is 3.83. The number of nitrogens with one attached hydrogen (secondary N) is 7. The largest absolute Gasteiger partial charge is 0.368 e. The molecule has 20 nitrogen and oxygen atoms in total. The van der Waals surface area contributed by atoms with Gasteiger partial charge in [-0.05, 0) is 85.7 Å². The quantitative estimate of drug-likeness (QED) is 0.0471. The monoisotopic (exact) mass is 981 g/mol. The third-order valence-electron chi connectivity index (χ3n) is 11.7. The van der Waals surface area contributed by atoms with Crippen LogP contribution in [0.3, 0.4) is 0 Å². The Labute approximate surface area is 410 Å². The van der Waals surface area contributed by atoms with Gasteiger partial charge < -0.3 is 53.6 Å². The molecule has 372 valence electrons. The number of fused-ring (bicyclic) bond motifs is 1. The summed E-state index contributed by atoms with van der Waals surface area (Å²) < 4.78 is 0. The maximum absolute atomic E-state index is 14.5. The van der Waals surface area contributed by atoms with E-state index in [0.29, 0.717) is 22.7 Å². The summed E-state index contributed by atoms with van der Waals surface area (Å²) in [5, 5.41) is 20.8. The molecular formula is C49H60ClN11O9. The van der Waals surface area contributed by atoms with Crippen LogP contribution in [0.1, 0.15) is 63.3 Å². The van der Waals surface area contributed by atoms with Crippen molar-refractivity contribution in [3.05, 3.63) is 113 Å². The number of primary amides is 2. The van der Waals surface area contributed by atoms with Crippen molar-refractivity contribution in [2.45, 2.75) is 108 Å². The lowest BCUT2D eigenvalue weighted by Crippen LogP contribution is -2.60. The summed E-state index contributed by atoms with van der Waals surface area (Å²) in [4.78, 5) is 125. The number of nitrogens with two attached hydrogens (primary N) is 2. The van der Waals surface area contributed by atoms with Crippen molar-refractivity contribution in [3.63, 3.8) is 0 Å². The number of nitrogens with zero attached hydrogens (tertiary/aromatic N) is 2. The highest BCUT2D eigenvalue weighted by Gasteiger charge is 2.39. The van der Waals surface area contributed by atoms with Gasteiger partial charge in [0.1, 0.15) is 42.3 Å². The molecule has 70 heavy (non-hydrogen) atoms. The highest BCUT2D eigenvalue weighted by molar-refractivity contribution is 6.30. The van der Waals surface area contributed by atoms with E-state index in [2.05, 4.69) is 42.2 Å². The van der Waals surface area contributed by atoms with Gasteiger partial charge in [-0.25, -0.2) is 4.79 Å². The number of likely N-dealkylation sites (tertiary alicyclic amines) is 1. The molecule has 1 saturated heterocycles. The number of amides is 10. The summed E-state index contributed by atoms with van der Waals surface area (Å²) in [6, 6.07) is 16.0. The third kappa shape index (κ3) is 16.0. The van der Waals surface area contributed by atoms with E-state index in [4.69, 9.17) is 23.1 Å². The average molecular weight is 983 g/mol. The molecule has 1 aromatic heterocycles. The molecule has 0 saturated carbocycles. The Morgan fingerprint density at radius 1 is 0.671 bits per heavy atom. The highest BCUT2D eigenvalue weighted by Crippen LogP contribution is 2.21. The number of carbonyl (C=O) groups is 9. The Morgan fingerprint density at radius 3 is 1.91 bits per heavy atom. The molecule has 7 atom stereocenters. The first-order valence-corrected chi connectivity index (χ1v) is 23.3. The van der Waals surface area contributed by atoms with Crippen LogP contribution < -0.4 is 48.7 Å². The number of benzene rings is 3. The van der Waals surface area contributed by atoms with E-state index in [1.807, 2.05) is 42.5 Å². The Hall–Kier alpha value is -7.61. The predicted molar refractivity (Wildman–Crippen MR) is 260 cm³/mol. The zero-order valence-corrected chi connectivity index (χ0v) is 39.9. The van der Waals surface area contributed by atoms with Crippen molar-refractivity contribution in [2.24, 2.45) is 11.5 Å². The molecule has 1 fully saturated rings. The van der Waals surface area contributed by atoms with Gasteiger partial charge in [-0.1, -0.05) is 72.3 Å². The molecule has 11 N–H and O–H groups in total. The molecular weight excluding hydrogens is 922 g/mol. The topological polar surface area (TPSA) is 306 Å². The maximum Gasteiger partial charge on any atom is 0.312 e. The van der Waals surface area contributed by atoms with E-state index < -0.39 is 95.6 Å². The summed E-state index contributed by atoms with van der Waals surface area (Å²) in [7, 11) is 0. The number of urea groups is 1. The lowest BCUT2D eigenvalue weighted by molar-refractivity contribution is -0.142. The molecule has 4 aromatic rings. The standard InChI is InChI=1S/C49H60ClN11O9/c1-28(42(51)63)55-47(68)41-14-9-23-61(41)48(69)37(13-8-22-54-49(52)70)58-43(64)29(2)56-44(65)40(27-36-12-6-7-21-53-36)60-46(67)39(25-31-16-19-35(50)20-17-31)59-45(66)38(57-30(3)62)26-32-15-18-33-10-4-5-11-34(33)24-32/h4-7,10-12,15-21,24,28-29,37-41H,8-9,13-14,22-23,25-27H2,1-3H3,(H2,51,63)(H,55,68)(H,56,65)(H,57,62)(H,58,64)(H,59,66)(H,60,67)(H3,52,54,70)/t28-,29-,37+,38-,39-,40-,41+/m1/s1. The van der Waals surface area contributed by atoms with Crippen LogP contribution in [0.5, 0.6) is 0 Å². The number of hydrogen-bond donors (Lipinski definition) is 9. The van der Waals surface area contributed by atoms with Gasteiger partial charge in [0.2, 0.25) is 47.3 Å². The van der Waals surface area contributed by atoms with Gasteiger partial charge in [-0.3, -0.25) is 43.3 Å². The summed E-state index contributed by atoms with van der Waals surface area (Å²) >= 11 is 6.16. The van der Waals surface area contributed by atoms with Crippen LogP contribution in [0.4, 0.5) is 4.79 Å². The minimum absolute atomic E-state index is 0.00180. The van der Waals surface area contributed by atoms with Crippen molar-refractivity contribution in [2.75, 3.05) is 13.1 Å². The van der Waals surface area contributed by atoms with E-state index in [1.54, 1.807) is 42.5 Å². The van der Waals surface area contributed by atoms with Gasteiger partial charge in [-0.2, -0.15) is 0 Å². The van der Waals surface area contributed by atoms with Crippen molar-refractivity contribution in [3.8, 4) is 0 Å². The van der Waals surface area contributed by atoms with Crippen molar-refractivity contribution >= 4 is 75.7 Å². The van der Waals surface area contributed by atoms with Crippen molar-refractivity contribution < 1.29 is 43.2 Å². The minimum Gasteiger partial charge on any atom is -0.368 e. The molecule has 0 unspecified atom stereocenters. The fourth-order valence-corrected chi connectivity index (χ4v) is 8.06. The number of halogens is 1. The van der Waals surface area contributed by atoms with Gasteiger partial charge >= 0.3 is 6.03 Å². The number of hydrogen-bond acceptors (Lipinski definition) is 10. The minimum atomic E-state index is -1.37. The fraction of sp³-hybridized carbons (Fsp3) is 0.388. The van der Waals surface area contributed by atoms with Crippen LogP contribution in [-0.2, 0) is 57.6 Å². The summed E-state index contributed by atoms with van der Waals surface area (Å²) in [6.07, 6.45) is 2.33. The number of aromatic nitrogens is 1. The molecule has 10 amide bonds. The van der Waals surface area contributed by atoms with E-state index in [-0.39, 0.29) is 51.6 Å². The van der Waals surface area contributed by atoms with Gasteiger partial charge in [0, 0.05) is 56.2 Å². The molecule has 1 aliphatic heterocycles. The first kappa shape index (κ1) is 53.3. The lowest BCUT2D eigenvalue weighted by atomic mass is 9.99. The first-order valence-electron chi connectivity index (χ1n) is 22.9. The second-order valence-corrected chi connectivity index (χ2v) is 17.6. The van der Waals surface area contributed by atoms with E-state index in [0.717, 1.165) is 16.3 Å². The Balaban J connectivity index is 1.35. The molecule has 0 radical (unpaired) electrons. The van der Waals surface area contributed by atoms with E-state index >= 15 is 0 Å². The fourth-order valence-electron chi connectivity index (χ4n) is 7.94. The first-order chi connectivity index (χ1) is 33.4. The Kier molecular flexibility index (Phi) is 19.6. The molecule has 1 aliphatic rings. The van der Waals surface area contributed by atoms with Gasteiger partial charge in [-0.15, -0.1) is 0 Å². The normalized spacial score (nSPS) is 15.7. The van der Waals surface area contributed by atoms with Gasteiger partial charge in [0.05, 0.1) is 0 Å². The second-order valence-electron chi connectivity index (χ2n) is 17.2. The molecule has 3 aromatic carbocycles. The van der Waals surface area contributed by atoms with E-state index in [1.165, 1.54) is 31.9 Å². The molecule has 5 rings (SSSR count). The smallest absolute Gasteiger partial charge is 0.312 e. The zero-order valence-electron chi connectivity index (χ0n) is 39.2. The second kappa shape index (κ2) is 25.7. The molecule has 0 spiro atoms. The molecule has 0 aliphatic carbocycles. The Morgan fingerprint density at radius 2 is 1.27 bits per heavy atom. The van der Waals surface area contributed by atoms with Crippen LogP contribution in [0.15, 0.2) is 91.1 Å². The zero-order chi connectivity index (χ0) is 50.9. The molecule has 0 bridgehead atoms. The van der Waals surface area contributed by atoms with Crippen LogP contribution in [-0.4, -0.2) is 119 Å². The van der Waals surface area contributed by atoms with Crippen molar-refractivity contribution in [1.82, 2.24) is 47.1 Å². The van der Waals surface area contributed by atoms with Crippen LogP contribution in [0.2, 0.25) is 5.02 Å². The van der Waals surface area contributed by atoms with Gasteiger partial charge in [0.15, 0.2) is 0 Å². The Bertz CT molecular complexity index is 2530. The summed E-state index contributed by atoms with van der Waals surface area (Å²) in [5.41, 5.74) is 12.3. The maximum atomic E-state index is 14.5. The summed E-state index contributed by atoms with van der Waals surface area (Å²) in [5.74, 6) is -5.47. The number of rotatable bonds is 23. The number of pyridine rings is 1. The summed E-state index contributed by atoms with van der Waals surface area (Å²) in [6.45, 7) is 4.31. The number of carbonyl (C=O) groups excluding carboxylic acids is 9. The van der Waals surface area contributed by atoms with E-state index in [9.17, 15) is 43.2 Å². The highest BCUT2D eigenvalue weighted by atomic mass is 35.5. The lowest BCUT2D eigenvalue weighted by Gasteiger charge is -2.30. The van der Waals surface area contributed by atoms with Crippen LogP contribution >= 0.6 is 11.6 Å². The third-order valence-corrected chi connectivity index (χ3v) is 11.9. The van der Waals surface area contributed by atoms with Crippen LogP contribution in [0.25, 0.3) is 10.8 Å². The SMILES string of the molecule is CC(=O)N[C@H](Cc1ccc2ccccc2c1)C(=O)N[C@H](Cc1ccc(Cl)cc1)C(=O)N[C@H](Cc1ccccn1)C(=O)N[C@H](C)C(=O)N[C@@H](CCCNC(N)=O)C(=O)N1CCC[C@H]1C(=O)N[C@H](C)C(N)=O. The predicted octanol–water partition coefficient (Wildman–Crippen LogP) is 0.809. The molecule has 21 heteroatoms. The van der Waals surface area contributed by atoms with Gasteiger partial charge in [0.25, 0.3) is 0 Å². The van der Waals surface area contributed by atoms with Crippen LogP contribution in [0, 0.1) is 0 Å². The molecule has 2 heterocycles. The van der Waals surface area contributed by atoms with Crippen molar-refractivity contribution in [1.29, 1.82) is 0 Å².